The number of nitrogens with zero attached hydrogens (tertiary/aromatic N) is 1. The van der Waals surface area contributed by atoms with Crippen molar-refractivity contribution in [2.75, 3.05) is 0 Å². The number of aromatic nitrogens is 1. The van der Waals surface area contributed by atoms with Crippen molar-refractivity contribution in [1.29, 1.82) is 0 Å². The Morgan fingerprint density at radius 2 is 1.71 bits per heavy atom. The van der Waals surface area contributed by atoms with Crippen LogP contribution in [0.25, 0.3) is 12.2 Å². The zero-order chi connectivity index (χ0) is 12.3. The number of aryl methyl sites for hydroxylation is 1. The maximum Gasteiger partial charge on any atom is 0.0633 e. The van der Waals surface area contributed by atoms with Gasteiger partial charge in [-0.3, -0.25) is 4.98 Å². The highest BCUT2D eigenvalue weighted by molar-refractivity contribution is 6.34. The first-order valence-corrected chi connectivity index (χ1v) is 5.97. The zero-order valence-electron chi connectivity index (χ0n) is 9.32. The number of hydrogen-bond donors (Lipinski definition) is 0. The highest BCUT2D eigenvalue weighted by Crippen LogP contribution is 2.20. The van der Waals surface area contributed by atoms with Crippen molar-refractivity contribution in [2.45, 2.75) is 6.92 Å². The van der Waals surface area contributed by atoms with Crippen LogP contribution in [-0.2, 0) is 0 Å². The summed E-state index contributed by atoms with van der Waals surface area (Å²) in [6, 6.07) is 11.3. The lowest BCUT2D eigenvalue weighted by Gasteiger charge is -1.98. The van der Waals surface area contributed by atoms with E-state index in [4.69, 9.17) is 23.2 Å². The maximum absolute atomic E-state index is 5.92. The number of halogens is 2. The molecule has 0 spiro atoms. The third kappa shape index (κ3) is 3.58. The molecule has 0 aliphatic carbocycles. The molecule has 0 aliphatic rings. The molecule has 1 aromatic heterocycles. The van der Waals surface area contributed by atoms with Crippen LogP contribution >= 0.6 is 23.2 Å². The van der Waals surface area contributed by atoms with Crippen LogP contribution < -0.4 is 0 Å². The van der Waals surface area contributed by atoms with Gasteiger partial charge in [-0.25, -0.2) is 0 Å². The van der Waals surface area contributed by atoms with Crippen LogP contribution in [0.4, 0.5) is 0 Å². The van der Waals surface area contributed by atoms with Crippen molar-refractivity contribution in [3.63, 3.8) is 0 Å². The molecule has 1 heterocycles. The molecule has 0 N–H and O–H groups in total. The SMILES string of the molecule is Cc1cccc(C=Cc2cc(Cl)cc(Cl)c2)n1. The second-order valence-electron chi connectivity index (χ2n) is 3.74. The molecule has 0 unspecified atom stereocenters. The molecular weight excluding hydrogens is 253 g/mol. The lowest BCUT2D eigenvalue weighted by molar-refractivity contribution is 1.18. The monoisotopic (exact) mass is 263 g/mol. The van der Waals surface area contributed by atoms with E-state index < -0.39 is 0 Å². The predicted octanol–water partition coefficient (Wildman–Crippen LogP) is 4.87. The van der Waals surface area contributed by atoms with Gasteiger partial charge in [-0.15, -0.1) is 0 Å². The Hall–Kier alpha value is -1.31. The van der Waals surface area contributed by atoms with Gasteiger partial charge < -0.3 is 0 Å². The molecule has 0 atom stereocenters. The molecule has 0 bridgehead atoms. The van der Waals surface area contributed by atoms with Gasteiger partial charge in [0.1, 0.15) is 0 Å². The van der Waals surface area contributed by atoms with Crippen LogP contribution in [0, 0.1) is 6.92 Å². The Bertz CT molecular complexity index is 542. The number of benzene rings is 1. The summed E-state index contributed by atoms with van der Waals surface area (Å²) in [6.07, 6.45) is 3.88. The molecule has 0 fully saturated rings. The van der Waals surface area contributed by atoms with Crippen molar-refractivity contribution in [1.82, 2.24) is 4.98 Å². The third-order valence-corrected chi connectivity index (χ3v) is 2.68. The van der Waals surface area contributed by atoms with Gasteiger partial charge >= 0.3 is 0 Å². The van der Waals surface area contributed by atoms with Crippen LogP contribution in [-0.4, -0.2) is 4.98 Å². The quantitative estimate of drug-likeness (QED) is 0.754. The Labute approximate surface area is 111 Å². The predicted molar refractivity (Wildman–Crippen MR) is 74.4 cm³/mol. The van der Waals surface area contributed by atoms with E-state index in [2.05, 4.69) is 4.98 Å². The van der Waals surface area contributed by atoms with Crippen molar-refractivity contribution in [2.24, 2.45) is 0 Å². The van der Waals surface area contributed by atoms with Crippen molar-refractivity contribution >= 4 is 35.4 Å². The average Bonchev–Trinajstić information content (AvgIpc) is 2.25. The normalized spacial score (nSPS) is 11.0. The molecule has 0 saturated carbocycles. The Balaban J connectivity index is 2.25. The van der Waals surface area contributed by atoms with E-state index in [-0.39, 0.29) is 0 Å². The average molecular weight is 264 g/mol. The van der Waals surface area contributed by atoms with Gasteiger partial charge in [-0.2, -0.15) is 0 Å². The van der Waals surface area contributed by atoms with E-state index >= 15 is 0 Å². The van der Waals surface area contributed by atoms with E-state index in [1.54, 1.807) is 6.07 Å². The molecule has 17 heavy (non-hydrogen) atoms. The van der Waals surface area contributed by atoms with E-state index in [1.165, 1.54) is 0 Å². The van der Waals surface area contributed by atoms with Crippen molar-refractivity contribution < 1.29 is 0 Å². The zero-order valence-corrected chi connectivity index (χ0v) is 10.8. The fourth-order valence-electron chi connectivity index (χ4n) is 1.51. The minimum atomic E-state index is 0.634. The van der Waals surface area contributed by atoms with Gasteiger partial charge in [-0.1, -0.05) is 35.3 Å². The van der Waals surface area contributed by atoms with Gasteiger partial charge in [0.25, 0.3) is 0 Å². The summed E-state index contributed by atoms with van der Waals surface area (Å²) in [7, 11) is 0. The summed E-state index contributed by atoms with van der Waals surface area (Å²) in [5, 5.41) is 1.27. The smallest absolute Gasteiger partial charge is 0.0633 e. The molecule has 1 nitrogen and oxygen atoms in total. The van der Waals surface area contributed by atoms with Crippen molar-refractivity contribution in [3.05, 3.63) is 63.4 Å². The van der Waals surface area contributed by atoms with Crippen LogP contribution in [0.15, 0.2) is 36.4 Å². The molecule has 0 aliphatic heterocycles. The van der Waals surface area contributed by atoms with E-state index in [0.717, 1.165) is 17.0 Å². The number of rotatable bonds is 2. The van der Waals surface area contributed by atoms with Crippen LogP contribution in [0.5, 0.6) is 0 Å². The molecule has 2 rings (SSSR count). The Kier molecular flexibility index (Phi) is 3.82. The summed E-state index contributed by atoms with van der Waals surface area (Å²) in [5.74, 6) is 0. The van der Waals surface area contributed by atoms with Crippen molar-refractivity contribution in [3.8, 4) is 0 Å². The van der Waals surface area contributed by atoms with Gasteiger partial charge in [0, 0.05) is 15.7 Å². The summed E-state index contributed by atoms with van der Waals surface area (Å²) < 4.78 is 0. The lowest BCUT2D eigenvalue weighted by Crippen LogP contribution is -1.83. The molecule has 0 saturated heterocycles. The first-order chi connectivity index (χ1) is 8.13. The fourth-order valence-corrected chi connectivity index (χ4v) is 2.05. The minimum absolute atomic E-state index is 0.634. The molecule has 2 aromatic rings. The van der Waals surface area contributed by atoms with Gasteiger partial charge in [0.15, 0.2) is 0 Å². The Morgan fingerprint density at radius 3 is 2.35 bits per heavy atom. The van der Waals surface area contributed by atoms with Crippen LogP contribution in [0.2, 0.25) is 10.0 Å². The number of hydrogen-bond acceptors (Lipinski definition) is 1. The molecule has 86 valence electrons. The minimum Gasteiger partial charge on any atom is -0.254 e. The first-order valence-electron chi connectivity index (χ1n) is 5.21. The maximum atomic E-state index is 5.92. The highest BCUT2D eigenvalue weighted by Gasteiger charge is 1.95. The molecular formula is C14H11Cl2N. The molecule has 3 heteroatoms. The fraction of sp³-hybridized carbons (Fsp3) is 0.0714. The highest BCUT2D eigenvalue weighted by atomic mass is 35.5. The third-order valence-electron chi connectivity index (χ3n) is 2.24. The van der Waals surface area contributed by atoms with E-state index in [9.17, 15) is 0 Å². The van der Waals surface area contributed by atoms with Gasteiger partial charge in [0.05, 0.1) is 5.69 Å². The second kappa shape index (κ2) is 5.35. The summed E-state index contributed by atoms with van der Waals surface area (Å²) >= 11 is 11.8. The van der Waals surface area contributed by atoms with Gasteiger partial charge in [-0.05, 0) is 48.9 Å². The van der Waals surface area contributed by atoms with E-state index in [1.807, 2.05) is 49.4 Å². The van der Waals surface area contributed by atoms with Crippen LogP contribution in [0.3, 0.4) is 0 Å². The summed E-state index contributed by atoms with van der Waals surface area (Å²) in [4.78, 5) is 4.38. The largest absolute Gasteiger partial charge is 0.254 e. The standard InChI is InChI=1S/C14H11Cl2N/c1-10-3-2-4-14(17-10)6-5-11-7-12(15)9-13(16)8-11/h2-9H,1H3. The number of pyridine rings is 1. The molecule has 1 aromatic carbocycles. The molecule has 0 amide bonds. The topological polar surface area (TPSA) is 12.9 Å². The van der Waals surface area contributed by atoms with Gasteiger partial charge in [0.2, 0.25) is 0 Å². The Morgan fingerprint density at radius 1 is 1.00 bits per heavy atom. The van der Waals surface area contributed by atoms with Crippen LogP contribution in [0.1, 0.15) is 17.0 Å². The first kappa shape index (κ1) is 12.2. The lowest BCUT2D eigenvalue weighted by atomic mass is 10.2. The van der Waals surface area contributed by atoms with E-state index in [0.29, 0.717) is 10.0 Å². The summed E-state index contributed by atoms with van der Waals surface area (Å²) in [5.41, 5.74) is 2.88. The summed E-state index contributed by atoms with van der Waals surface area (Å²) in [6.45, 7) is 1.97. The second-order valence-corrected chi connectivity index (χ2v) is 4.61. The molecule has 0 radical (unpaired) electrons.